The molecule has 1 saturated carbocycles. The minimum atomic E-state index is -4.42. The number of hydrogen-bond donors (Lipinski definition) is 2. The summed E-state index contributed by atoms with van der Waals surface area (Å²) in [6.45, 7) is 0. The molecule has 0 saturated heterocycles. The molecule has 0 bridgehead atoms. The Labute approximate surface area is 115 Å². The topological polar surface area (TPSA) is 72.2 Å². The van der Waals surface area contributed by atoms with Gasteiger partial charge < -0.3 is 5.73 Å². The minimum Gasteiger partial charge on any atom is -0.326 e. The fourth-order valence-electron chi connectivity index (χ4n) is 2.35. The fraction of sp³-hybridized carbons (Fsp3) is 0.500. The third-order valence-corrected chi connectivity index (χ3v) is 4.90. The van der Waals surface area contributed by atoms with Crippen molar-refractivity contribution in [2.75, 3.05) is 0 Å². The molecule has 1 aromatic carbocycles. The Kier molecular flexibility index (Phi) is 4.36. The summed E-state index contributed by atoms with van der Waals surface area (Å²) in [5.41, 5.74) is 5.79. The second kappa shape index (κ2) is 5.71. The first kappa shape index (κ1) is 15.3. The molecule has 0 heterocycles. The molecule has 0 unspecified atom stereocenters. The number of benzene rings is 1. The van der Waals surface area contributed by atoms with Crippen LogP contribution in [0.5, 0.6) is 0 Å². The molecule has 0 spiro atoms. The maximum Gasteiger partial charge on any atom is 0.246 e. The second-order valence-electron chi connectivity index (χ2n) is 4.87. The van der Waals surface area contributed by atoms with Crippen molar-refractivity contribution in [3.63, 3.8) is 0 Å². The molecule has 20 heavy (non-hydrogen) atoms. The number of sulfonamides is 1. The average Bonchev–Trinajstić information content (AvgIpc) is 2.30. The summed E-state index contributed by atoms with van der Waals surface area (Å²) in [6.07, 6.45) is 2.82. The van der Waals surface area contributed by atoms with Gasteiger partial charge in [0.2, 0.25) is 10.0 Å². The van der Waals surface area contributed by atoms with E-state index >= 15 is 0 Å². The zero-order valence-corrected chi connectivity index (χ0v) is 11.4. The normalized spacial score (nSPS) is 23.8. The lowest BCUT2D eigenvalue weighted by Crippen LogP contribution is -2.49. The van der Waals surface area contributed by atoms with Crippen molar-refractivity contribution in [3.8, 4) is 0 Å². The Morgan fingerprint density at radius 2 is 1.65 bits per heavy atom. The first-order valence-electron chi connectivity index (χ1n) is 6.24. The van der Waals surface area contributed by atoms with E-state index in [1.54, 1.807) is 0 Å². The molecule has 2 rings (SSSR count). The summed E-state index contributed by atoms with van der Waals surface area (Å²) in [5.74, 6) is -4.09. The molecule has 1 fully saturated rings. The zero-order chi connectivity index (χ0) is 14.9. The van der Waals surface area contributed by atoms with E-state index in [9.17, 15) is 21.6 Å². The quantitative estimate of drug-likeness (QED) is 0.892. The van der Waals surface area contributed by atoms with Crippen LogP contribution >= 0.6 is 0 Å². The van der Waals surface area contributed by atoms with Gasteiger partial charge in [-0.25, -0.2) is 26.3 Å². The summed E-state index contributed by atoms with van der Waals surface area (Å²) in [6, 6.07) is -0.306. The number of nitrogens with one attached hydrogen (secondary N) is 1. The van der Waals surface area contributed by atoms with Crippen LogP contribution in [0.3, 0.4) is 0 Å². The lowest BCUT2D eigenvalue weighted by molar-refractivity contribution is 0.360. The SMILES string of the molecule is N[C@@H]1CCCC[C@H]1NS(=O)(=O)c1c(F)cc(F)cc1F. The van der Waals surface area contributed by atoms with Gasteiger partial charge in [0.05, 0.1) is 0 Å². The highest BCUT2D eigenvalue weighted by molar-refractivity contribution is 7.89. The Morgan fingerprint density at radius 3 is 2.20 bits per heavy atom. The van der Waals surface area contributed by atoms with Gasteiger partial charge in [-0.1, -0.05) is 12.8 Å². The molecule has 3 N–H and O–H groups in total. The highest BCUT2D eigenvalue weighted by Crippen LogP contribution is 2.23. The van der Waals surface area contributed by atoms with E-state index in [1.165, 1.54) is 0 Å². The van der Waals surface area contributed by atoms with Gasteiger partial charge in [-0.2, -0.15) is 0 Å². The number of nitrogens with two attached hydrogens (primary N) is 1. The van der Waals surface area contributed by atoms with Crippen LogP contribution in [0.2, 0.25) is 0 Å². The standard InChI is InChI=1S/C12H15F3N2O2S/c13-7-5-8(14)12(9(15)6-7)20(18,19)17-11-4-2-1-3-10(11)16/h5-6,10-11,17H,1-4,16H2/t10-,11-/m1/s1. The summed E-state index contributed by atoms with van der Waals surface area (Å²) in [7, 11) is -4.42. The van der Waals surface area contributed by atoms with Crippen LogP contribution in [0.1, 0.15) is 25.7 Å². The molecule has 112 valence electrons. The van der Waals surface area contributed by atoms with Crippen LogP contribution in [-0.2, 0) is 10.0 Å². The highest BCUT2D eigenvalue weighted by atomic mass is 32.2. The molecule has 4 nitrogen and oxygen atoms in total. The van der Waals surface area contributed by atoms with Gasteiger partial charge in [0, 0.05) is 24.2 Å². The van der Waals surface area contributed by atoms with Crippen LogP contribution in [0.15, 0.2) is 17.0 Å². The summed E-state index contributed by atoms with van der Waals surface area (Å²) >= 11 is 0. The molecular formula is C12H15F3N2O2S. The van der Waals surface area contributed by atoms with E-state index in [0.29, 0.717) is 25.0 Å². The van der Waals surface area contributed by atoms with Crippen LogP contribution in [-0.4, -0.2) is 20.5 Å². The van der Waals surface area contributed by atoms with E-state index in [4.69, 9.17) is 5.73 Å². The van der Waals surface area contributed by atoms with Crippen molar-refractivity contribution in [1.82, 2.24) is 4.72 Å². The van der Waals surface area contributed by atoms with Crippen molar-refractivity contribution >= 4 is 10.0 Å². The fourth-order valence-corrected chi connectivity index (χ4v) is 3.79. The van der Waals surface area contributed by atoms with Crippen LogP contribution in [0.4, 0.5) is 13.2 Å². The average molecular weight is 308 g/mol. The Hall–Kier alpha value is -1.12. The van der Waals surface area contributed by atoms with E-state index in [2.05, 4.69) is 4.72 Å². The first-order chi connectivity index (χ1) is 9.31. The smallest absolute Gasteiger partial charge is 0.246 e. The summed E-state index contributed by atoms with van der Waals surface area (Å²) in [5, 5.41) is 0. The van der Waals surface area contributed by atoms with Gasteiger partial charge >= 0.3 is 0 Å². The van der Waals surface area contributed by atoms with E-state index < -0.39 is 44.5 Å². The second-order valence-corrected chi connectivity index (χ2v) is 6.53. The van der Waals surface area contributed by atoms with Crippen molar-refractivity contribution in [2.45, 2.75) is 42.7 Å². The van der Waals surface area contributed by atoms with Crippen molar-refractivity contribution < 1.29 is 21.6 Å². The predicted octanol–water partition coefficient (Wildman–Crippen LogP) is 1.65. The molecule has 8 heteroatoms. The predicted molar refractivity (Wildman–Crippen MR) is 66.9 cm³/mol. The molecule has 0 aliphatic heterocycles. The lowest BCUT2D eigenvalue weighted by Gasteiger charge is -2.29. The summed E-state index contributed by atoms with van der Waals surface area (Å²) < 4.78 is 66.1. The van der Waals surface area contributed by atoms with Gasteiger partial charge in [-0.05, 0) is 12.8 Å². The van der Waals surface area contributed by atoms with Crippen molar-refractivity contribution in [3.05, 3.63) is 29.6 Å². The van der Waals surface area contributed by atoms with Gasteiger partial charge in [0.25, 0.3) is 0 Å². The van der Waals surface area contributed by atoms with Crippen molar-refractivity contribution in [2.24, 2.45) is 5.73 Å². The molecule has 0 radical (unpaired) electrons. The molecule has 2 atom stereocenters. The third kappa shape index (κ3) is 3.13. The zero-order valence-electron chi connectivity index (χ0n) is 10.6. The largest absolute Gasteiger partial charge is 0.326 e. The van der Waals surface area contributed by atoms with Crippen LogP contribution in [0, 0.1) is 17.5 Å². The molecule has 1 aromatic rings. The molecule has 1 aliphatic rings. The van der Waals surface area contributed by atoms with Gasteiger partial charge in [0.1, 0.15) is 17.5 Å². The Morgan fingerprint density at radius 1 is 1.10 bits per heavy atom. The molecule has 1 aliphatic carbocycles. The minimum absolute atomic E-state index is 0.332. The number of halogens is 3. The Bertz CT molecular complexity index is 584. The summed E-state index contributed by atoms with van der Waals surface area (Å²) in [4.78, 5) is -1.17. The van der Waals surface area contributed by atoms with Gasteiger partial charge in [0.15, 0.2) is 4.90 Å². The van der Waals surface area contributed by atoms with E-state index in [1.807, 2.05) is 0 Å². The highest BCUT2D eigenvalue weighted by Gasteiger charge is 2.31. The van der Waals surface area contributed by atoms with E-state index in [0.717, 1.165) is 12.8 Å². The van der Waals surface area contributed by atoms with Crippen molar-refractivity contribution in [1.29, 1.82) is 0 Å². The van der Waals surface area contributed by atoms with Crippen LogP contribution < -0.4 is 10.5 Å². The van der Waals surface area contributed by atoms with Gasteiger partial charge in [-0.15, -0.1) is 0 Å². The third-order valence-electron chi connectivity index (χ3n) is 3.36. The monoisotopic (exact) mass is 308 g/mol. The number of hydrogen-bond acceptors (Lipinski definition) is 3. The Balaban J connectivity index is 2.31. The van der Waals surface area contributed by atoms with E-state index in [-0.39, 0.29) is 0 Å². The first-order valence-corrected chi connectivity index (χ1v) is 7.72. The lowest BCUT2D eigenvalue weighted by atomic mass is 9.92. The van der Waals surface area contributed by atoms with Gasteiger partial charge in [-0.3, -0.25) is 0 Å². The molecule has 0 aromatic heterocycles. The maximum absolute atomic E-state index is 13.5. The maximum atomic E-state index is 13.5. The molecular weight excluding hydrogens is 293 g/mol. The molecule has 0 amide bonds. The number of rotatable bonds is 3. The van der Waals surface area contributed by atoms with Crippen LogP contribution in [0.25, 0.3) is 0 Å².